The molecule has 0 amide bonds. The van der Waals surface area contributed by atoms with Gasteiger partial charge in [-0.3, -0.25) is 4.98 Å². The van der Waals surface area contributed by atoms with Crippen LogP contribution in [0.4, 0.5) is 0 Å². The first kappa shape index (κ1) is 16.1. The molecule has 0 unspecified atom stereocenters. The lowest BCUT2D eigenvalue weighted by Gasteiger charge is -2.02. The molecule has 2 heterocycles. The van der Waals surface area contributed by atoms with Crippen LogP contribution in [0, 0.1) is 4.77 Å². The molecule has 0 saturated carbocycles. The Morgan fingerprint density at radius 3 is 2.27 bits per heavy atom. The van der Waals surface area contributed by atoms with Gasteiger partial charge in [0.25, 0.3) is 0 Å². The van der Waals surface area contributed by atoms with E-state index in [0.29, 0.717) is 10.6 Å². The maximum atomic E-state index is 5.29. The number of aromatic amines is 1. The molecule has 0 saturated heterocycles. The van der Waals surface area contributed by atoms with Crippen molar-refractivity contribution in [3.8, 4) is 22.5 Å². The molecule has 5 nitrogen and oxygen atoms in total. The first-order valence-electron chi connectivity index (χ1n) is 8.09. The van der Waals surface area contributed by atoms with Gasteiger partial charge in [-0.05, 0) is 41.0 Å². The van der Waals surface area contributed by atoms with Gasteiger partial charge in [0.2, 0.25) is 4.77 Å². The van der Waals surface area contributed by atoms with Gasteiger partial charge in [0.05, 0.1) is 6.21 Å². The van der Waals surface area contributed by atoms with Crippen molar-refractivity contribution in [3.05, 3.63) is 89.5 Å². The summed E-state index contributed by atoms with van der Waals surface area (Å²) in [6, 6.07) is 22.2. The number of nitrogens with zero attached hydrogens (tertiary/aromatic N) is 4. The SMILES string of the molecule is S=c1[nH]nc(-c2ccncc2)n1/N=C\c1ccc(-c2ccccc2)cc1. The fraction of sp³-hybridized carbons (Fsp3) is 0. The van der Waals surface area contributed by atoms with Crippen molar-refractivity contribution in [1.29, 1.82) is 0 Å². The summed E-state index contributed by atoms with van der Waals surface area (Å²) in [5, 5.41) is 11.5. The van der Waals surface area contributed by atoms with Gasteiger partial charge in [-0.15, -0.1) is 0 Å². The van der Waals surface area contributed by atoms with E-state index < -0.39 is 0 Å². The molecule has 0 aliphatic heterocycles. The van der Waals surface area contributed by atoms with Crippen molar-refractivity contribution in [1.82, 2.24) is 19.9 Å². The fourth-order valence-corrected chi connectivity index (χ4v) is 2.78. The monoisotopic (exact) mass is 357 g/mol. The van der Waals surface area contributed by atoms with Crippen LogP contribution in [-0.4, -0.2) is 26.1 Å². The summed E-state index contributed by atoms with van der Waals surface area (Å²) in [6.45, 7) is 0. The molecular weight excluding hydrogens is 342 g/mol. The Bertz CT molecular complexity index is 1080. The zero-order chi connectivity index (χ0) is 17.8. The first-order valence-corrected chi connectivity index (χ1v) is 8.50. The van der Waals surface area contributed by atoms with Crippen molar-refractivity contribution >= 4 is 18.4 Å². The lowest BCUT2D eigenvalue weighted by Crippen LogP contribution is -1.95. The summed E-state index contributed by atoms with van der Waals surface area (Å²) in [6.07, 6.45) is 5.19. The molecular formula is C20H15N5S. The molecule has 0 atom stereocenters. The van der Waals surface area contributed by atoms with E-state index >= 15 is 0 Å². The van der Waals surface area contributed by atoms with Crippen molar-refractivity contribution in [2.45, 2.75) is 0 Å². The largest absolute Gasteiger partial charge is 0.265 e. The van der Waals surface area contributed by atoms with Gasteiger partial charge in [0.15, 0.2) is 5.82 Å². The van der Waals surface area contributed by atoms with Gasteiger partial charge in [0, 0.05) is 18.0 Å². The molecule has 4 aromatic rings. The van der Waals surface area contributed by atoms with E-state index in [1.807, 2.05) is 42.5 Å². The number of pyridine rings is 1. The zero-order valence-electron chi connectivity index (χ0n) is 13.8. The Hall–Kier alpha value is -3.38. The minimum atomic E-state index is 0.439. The van der Waals surface area contributed by atoms with Gasteiger partial charge in [0.1, 0.15) is 0 Å². The van der Waals surface area contributed by atoms with E-state index in [9.17, 15) is 0 Å². The topological polar surface area (TPSA) is 58.9 Å². The van der Waals surface area contributed by atoms with Crippen molar-refractivity contribution < 1.29 is 0 Å². The molecule has 1 N–H and O–H groups in total. The third-order valence-corrected chi connectivity index (χ3v) is 4.19. The van der Waals surface area contributed by atoms with Crippen LogP contribution in [0.2, 0.25) is 0 Å². The molecule has 6 heteroatoms. The maximum Gasteiger partial charge on any atom is 0.216 e. The zero-order valence-corrected chi connectivity index (χ0v) is 14.6. The van der Waals surface area contributed by atoms with Crippen LogP contribution in [-0.2, 0) is 0 Å². The number of aromatic nitrogens is 4. The number of nitrogens with one attached hydrogen (secondary N) is 1. The van der Waals surface area contributed by atoms with Gasteiger partial charge in [-0.2, -0.15) is 14.9 Å². The third-order valence-electron chi connectivity index (χ3n) is 3.93. The second-order valence-electron chi connectivity index (χ2n) is 5.63. The summed E-state index contributed by atoms with van der Waals surface area (Å²) in [7, 11) is 0. The fourth-order valence-electron chi connectivity index (χ4n) is 2.60. The van der Waals surface area contributed by atoms with Crippen molar-refractivity contribution in [2.24, 2.45) is 5.10 Å². The summed E-state index contributed by atoms with van der Waals surface area (Å²) in [5.74, 6) is 0.648. The maximum absolute atomic E-state index is 5.29. The Kier molecular flexibility index (Phi) is 4.49. The molecule has 126 valence electrons. The van der Waals surface area contributed by atoms with Gasteiger partial charge in [-0.25, -0.2) is 5.10 Å². The minimum Gasteiger partial charge on any atom is -0.265 e. The number of hydrogen-bond donors (Lipinski definition) is 1. The number of hydrogen-bond acceptors (Lipinski definition) is 4. The van der Waals surface area contributed by atoms with Gasteiger partial charge < -0.3 is 0 Å². The number of H-pyrrole nitrogens is 1. The molecule has 0 aliphatic rings. The van der Waals surface area contributed by atoms with Crippen LogP contribution in [0.15, 0.2) is 84.2 Å². The summed E-state index contributed by atoms with van der Waals surface area (Å²) < 4.78 is 2.05. The second-order valence-corrected chi connectivity index (χ2v) is 6.02. The standard InChI is InChI=1S/C20H15N5S/c26-20-24-23-19(18-10-12-21-13-11-18)25(20)22-14-15-6-8-17(9-7-15)16-4-2-1-3-5-16/h1-14H,(H,24,26)/b22-14-. The van der Waals surface area contributed by atoms with Crippen LogP contribution < -0.4 is 0 Å². The highest BCUT2D eigenvalue weighted by atomic mass is 32.1. The Morgan fingerprint density at radius 2 is 1.54 bits per heavy atom. The van der Waals surface area contributed by atoms with E-state index in [-0.39, 0.29) is 0 Å². The van der Waals surface area contributed by atoms with Crippen LogP contribution in [0.5, 0.6) is 0 Å². The quantitative estimate of drug-likeness (QED) is 0.430. The second kappa shape index (κ2) is 7.25. The van der Waals surface area contributed by atoms with E-state index in [1.54, 1.807) is 23.3 Å². The summed E-state index contributed by atoms with van der Waals surface area (Å²) in [4.78, 5) is 4.02. The molecule has 26 heavy (non-hydrogen) atoms. The third kappa shape index (κ3) is 3.36. The van der Waals surface area contributed by atoms with E-state index in [0.717, 1.165) is 11.1 Å². The molecule has 0 fully saturated rings. The smallest absolute Gasteiger partial charge is 0.216 e. The Morgan fingerprint density at radius 1 is 0.846 bits per heavy atom. The molecule has 4 rings (SSSR count). The van der Waals surface area contributed by atoms with Gasteiger partial charge in [-0.1, -0.05) is 54.6 Å². The van der Waals surface area contributed by atoms with E-state index in [1.165, 1.54) is 11.1 Å². The van der Waals surface area contributed by atoms with Crippen LogP contribution in [0.3, 0.4) is 0 Å². The number of rotatable bonds is 4. The highest BCUT2D eigenvalue weighted by molar-refractivity contribution is 7.71. The number of benzene rings is 2. The van der Waals surface area contributed by atoms with Gasteiger partial charge >= 0.3 is 0 Å². The lowest BCUT2D eigenvalue weighted by molar-refractivity contribution is 0.871. The lowest BCUT2D eigenvalue weighted by atomic mass is 10.0. The van der Waals surface area contributed by atoms with Crippen molar-refractivity contribution in [2.75, 3.05) is 0 Å². The average molecular weight is 357 g/mol. The molecule has 0 spiro atoms. The van der Waals surface area contributed by atoms with Crippen molar-refractivity contribution in [3.63, 3.8) is 0 Å². The summed E-state index contributed by atoms with van der Waals surface area (Å²) >= 11 is 5.29. The van der Waals surface area contributed by atoms with E-state index in [2.05, 4.69) is 44.5 Å². The summed E-state index contributed by atoms with van der Waals surface area (Å²) in [5.41, 5.74) is 4.23. The normalized spacial score (nSPS) is 11.1. The average Bonchev–Trinajstić information content (AvgIpc) is 3.08. The molecule has 2 aromatic carbocycles. The predicted molar refractivity (Wildman–Crippen MR) is 106 cm³/mol. The Labute approximate surface area is 155 Å². The highest BCUT2D eigenvalue weighted by Gasteiger charge is 2.07. The van der Waals surface area contributed by atoms with Crippen LogP contribution in [0.25, 0.3) is 22.5 Å². The van der Waals surface area contributed by atoms with Crippen LogP contribution >= 0.6 is 12.2 Å². The first-order chi connectivity index (χ1) is 12.8. The molecule has 0 bridgehead atoms. The predicted octanol–water partition coefficient (Wildman–Crippen LogP) is 4.55. The highest BCUT2D eigenvalue weighted by Crippen LogP contribution is 2.19. The van der Waals surface area contributed by atoms with E-state index in [4.69, 9.17) is 12.2 Å². The van der Waals surface area contributed by atoms with Crippen LogP contribution in [0.1, 0.15) is 5.56 Å². The Balaban J connectivity index is 1.61. The molecule has 2 aromatic heterocycles. The molecule has 0 radical (unpaired) electrons. The molecule has 0 aliphatic carbocycles. The minimum absolute atomic E-state index is 0.439.